The minimum Gasteiger partial charge on any atom is -0.378 e. The molecule has 114 valence electrons. The van der Waals surface area contributed by atoms with Crippen LogP contribution in [0.2, 0.25) is 0 Å². The normalized spacial score (nSPS) is 14.9. The Morgan fingerprint density at radius 1 is 1.24 bits per heavy atom. The molecule has 0 radical (unpaired) electrons. The van der Waals surface area contributed by atoms with E-state index < -0.39 is 0 Å². The van der Waals surface area contributed by atoms with Crippen molar-refractivity contribution in [2.45, 2.75) is 20.8 Å². The number of anilines is 1. The van der Waals surface area contributed by atoms with E-state index in [4.69, 9.17) is 4.74 Å². The van der Waals surface area contributed by atoms with Crippen LogP contribution in [0.15, 0.2) is 18.2 Å². The van der Waals surface area contributed by atoms with Gasteiger partial charge in [-0.3, -0.25) is 9.59 Å². The molecule has 2 amide bonds. The predicted octanol–water partition coefficient (Wildman–Crippen LogP) is 1.52. The molecule has 1 saturated heterocycles. The lowest BCUT2D eigenvalue weighted by atomic mass is 10.1. The van der Waals surface area contributed by atoms with Crippen LogP contribution in [0.5, 0.6) is 0 Å². The van der Waals surface area contributed by atoms with E-state index in [2.05, 4.69) is 0 Å². The molecule has 0 atom stereocenters. The zero-order valence-electron chi connectivity index (χ0n) is 12.9. The van der Waals surface area contributed by atoms with Gasteiger partial charge >= 0.3 is 0 Å². The number of nitrogens with zero attached hydrogens (tertiary/aromatic N) is 2. The van der Waals surface area contributed by atoms with E-state index in [0.29, 0.717) is 26.3 Å². The average molecular weight is 290 g/mol. The quantitative estimate of drug-likeness (QED) is 0.848. The highest BCUT2D eigenvalue weighted by Gasteiger charge is 2.23. The molecule has 5 heteroatoms. The summed E-state index contributed by atoms with van der Waals surface area (Å²) in [6.45, 7) is 7.87. The van der Waals surface area contributed by atoms with E-state index in [1.807, 2.05) is 32.0 Å². The highest BCUT2D eigenvalue weighted by atomic mass is 16.5. The zero-order valence-corrected chi connectivity index (χ0v) is 12.9. The summed E-state index contributed by atoms with van der Waals surface area (Å²) in [4.78, 5) is 27.6. The van der Waals surface area contributed by atoms with Gasteiger partial charge in [0, 0.05) is 25.7 Å². The van der Waals surface area contributed by atoms with Gasteiger partial charge in [0.1, 0.15) is 6.54 Å². The second kappa shape index (κ2) is 6.72. The van der Waals surface area contributed by atoms with E-state index in [-0.39, 0.29) is 18.4 Å². The lowest BCUT2D eigenvalue weighted by Gasteiger charge is -2.30. The van der Waals surface area contributed by atoms with Gasteiger partial charge in [-0.25, -0.2) is 0 Å². The Hall–Kier alpha value is -1.88. The Labute approximate surface area is 125 Å². The van der Waals surface area contributed by atoms with Crippen LogP contribution in [0.1, 0.15) is 18.1 Å². The monoisotopic (exact) mass is 290 g/mol. The average Bonchev–Trinajstić information content (AvgIpc) is 2.48. The summed E-state index contributed by atoms with van der Waals surface area (Å²) in [7, 11) is 0. The van der Waals surface area contributed by atoms with Crippen LogP contribution in [0.3, 0.4) is 0 Å². The molecule has 1 heterocycles. The van der Waals surface area contributed by atoms with Gasteiger partial charge in [-0.1, -0.05) is 12.1 Å². The second-order valence-corrected chi connectivity index (χ2v) is 5.32. The number of aryl methyl sites for hydroxylation is 1. The lowest BCUT2D eigenvalue weighted by molar-refractivity contribution is -0.134. The van der Waals surface area contributed by atoms with Crippen molar-refractivity contribution in [2.24, 2.45) is 0 Å². The highest BCUT2D eigenvalue weighted by Crippen LogP contribution is 2.23. The molecular weight excluding hydrogens is 268 g/mol. The second-order valence-electron chi connectivity index (χ2n) is 5.32. The summed E-state index contributed by atoms with van der Waals surface area (Å²) < 4.78 is 5.25. The van der Waals surface area contributed by atoms with Gasteiger partial charge in [-0.15, -0.1) is 0 Å². The predicted molar refractivity (Wildman–Crippen MR) is 81.3 cm³/mol. The third-order valence-electron chi connectivity index (χ3n) is 3.90. The third kappa shape index (κ3) is 3.61. The van der Waals surface area contributed by atoms with Crippen LogP contribution in [0.4, 0.5) is 5.69 Å². The summed E-state index contributed by atoms with van der Waals surface area (Å²) >= 11 is 0. The molecule has 0 spiro atoms. The van der Waals surface area contributed by atoms with Crippen molar-refractivity contribution >= 4 is 17.5 Å². The first-order valence-corrected chi connectivity index (χ1v) is 7.20. The number of morpholine rings is 1. The Morgan fingerprint density at radius 2 is 1.90 bits per heavy atom. The number of carbonyl (C=O) groups excluding carboxylic acids is 2. The molecule has 0 bridgehead atoms. The van der Waals surface area contributed by atoms with E-state index in [1.165, 1.54) is 6.92 Å². The van der Waals surface area contributed by atoms with E-state index in [0.717, 1.165) is 16.8 Å². The van der Waals surface area contributed by atoms with Crippen molar-refractivity contribution in [2.75, 3.05) is 37.7 Å². The van der Waals surface area contributed by atoms with Crippen molar-refractivity contribution in [3.05, 3.63) is 29.3 Å². The van der Waals surface area contributed by atoms with Crippen LogP contribution in [-0.2, 0) is 14.3 Å². The topological polar surface area (TPSA) is 49.9 Å². The highest BCUT2D eigenvalue weighted by molar-refractivity contribution is 5.98. The number of carbonyl (C=O) groups is 2. The first kappa shape index (κ1) is 15.5. The Bertz CT molecular complexity index is 536. The van der Waals surface area contributed by atoms with Gasteiger partial charge in [0.2, 0.25) is 11.8 Å². The molecule has 21 heavy (non-hydrogen) atoms. The van der Waals surface area contributed by atoms with Gasteiger partial charge < -0.3 is 14.5 Å². The summed E-state index contributed by atoms with van der Waals surface area (Å²) in [6.07, 6.45) is 0. The van der Waals surface area contributed by atoms with Crippen LogP contribution >= 0.6 is 0 Å². The molecule has 2 rings (SSSR count). The number of ether oxygens (including phenoxy) is 1. The van der Waals surface area contributed by atoms with Crippen molar-refractivity contribution in [1.29, 1.82) is 0 Å². The molecule has 1 aromatic rings. The van der Waals surface area contributed by atoms with Gasteiger partial charge in [0.15, 0.2) is 0 Å². The number of rotatable bonds is 3. The summed E-state index contributed by atoms with van der Waals surface area (Å²) in [5.41, 5.74) is 2.95. The van der Waals surface area contributed by atoms with Gasteiger partial charge in [0.05, 0.1) is 13.2 Å². The summed E-state index contributed by atoms with van der Waals surface area (Å²) in [6, 6.07) is 5.80. The van der Waals surface area contributed by atoms with Crippen molar-refractivity contribution in [3.63, 3.8) is 0 Å². The van der Waals surface area contributed by atoms with Crippen LogP contribution < -0.4 is 4.90 Å². The largest absolute Gasteiger partial charge is 0.378 e. The minimum atomic E-state index is -0.120. The number of hydrogen-bond acceptors (Lipinski definition) is 3. The molecule has 0 aromatic heterocycles. The van der Waals surface area contributed by atoms with Crippen molar-refractivity contribution in [3.8, 4) is 0 Å². The van der Waals surface area contributed by atoms with E-state index >= 15 is 0 Å². The smallest absolute Gasteiger partial charge is 0.242 e. The Morgan fingerprint density at radius 3 is 2.52 bits per heavy atom. The first-order chi connectivity index (χ1) is 10.0. The fraction of sp³-hybridized carbons (Fsp3) is 0.500. The van der Waals surface area contributed by atoms with Crippen LogP contribution in [-0.4, -0.2) is 49.6 Å². The lowest BCUT2D eigenvalue weighted by Crippen LogP contribution is -2.47. The summed E-state index contributed by atoms with van der Waals surface area (Å²) in [5.74, 6) is -0.153. The van der Waals surface area contributed by atoms with Crippen LogP contribution in [0, 0.1) is 13.8 Å². The molecule has 1 aliphatic heterocycles. The molecule has 5 nitrogen and oxygen atoms in total. The molecule has 1 aliphatic rings. The molecule has 1 aromatic carbocycles. The summed E-state index contributed by atoms with van der Waals surface area (Å²) in [5, 5.41) is 0. The zero-order chi connectivity index (χ0) is 15.4. The van der Waals surface area contributed by atoms with Gasteiger partial charge in [-0.05, 0) is 31.0 Å². The third-order valence-corrected chi connectivity index (χ3v) is 3.90. The van der Waals surface area contributed by atoms with Crippen molar-refractivity contribution < 1.29 is 14.3 Å². The molecule has 0 saturated carbocycles. The Balaban J connectivity index is 2.17. The van der Waals surface area contributed by atoms with Gasteiger partial charge in [0.25, 0.3) is 0 Å². The van der Waals surface area contributed by atoms with E-state index in [9.17, 15) is 9.59 Å². The molecular formula is C16H22N2O3. The maximum absolute atomic E-state index is 12.4. The fourth-order valence-corrected chi connectivity index (χ4v) is 2.44. The van der Waals surface area contributed by atoms with Crippen LogP contribution in [0.25, 0.3) is 0 Å². The molecule has 0 aliphatic carbocycles. The molecule has 1 fully saturated rings. The van der Waals surface area contributed by atoms with E-state index in [1.54, 1.807) is 9.80 Å². The number of benzene rings is 1. The maximum Gasteiger partial charge on any atom is 0.242 e. The maximum atomic E-state index is 12.4. The number of hydrogen-bond donors (Lipinski definition) is 0. The van der Waals surface area contributed by atoms with Gasteiger partial charge in [-0.2, -0.15) is 0 Å². The molecule has 0 N–H and O–H groups in total. The first-order valence-electron chi connectivity index (χ1n) is 7.20. The number of amides is 2. The standard InChI is InChI=1S/C16H22N2O3/c1-12-5-4-6-15(13(12)2)18(14(3)19)11-16(20)17-7-9-21-10-8-17/h4-6H,7-11H2,1-3H3. The minimum absolute atomic E-state index is 0.0330. The Kier molecular flexibility index (Phi) is 4.96. The SMILES string of the molecule is CC(=O)N(CC(=O)N1CCOCC1)c1cccc(C)c1C. The van der Waals surface area contributed by atoms with Crippen molar-refractivity contribution in [1.82, 2.24) is 4.90 Å². The fourth-order valence-electron chi connectivity index (χ4n) is 2.44. The molecule has 0 unspecified atom stereocenters.